The van der Waals surface area contributed by atoms with E-state index in [9.17, 15) is 4.79 Å². The standard InChI is InChI=1S/C16H18Br2ClNO2/c1-20(13-6-2-11(3-7-13)10-15(17)18)16(21)22-14-8-4-12(19)5-9-14/h4-5,8-11,13H,2-3,6-7H2,1H3. The SMILES string of the molecule is CN(C(=O)Oc1ccc(Cl)cc1)C1CCC(C=C(Br)Br)CC1. The molecule has 1 aliphatic rings. The molecule has 1 fully saturated rings. The van der Waals surface area contributed by atoms with Crippen LogP contribution in [-0.4, -0.2) is 24.1 Å². The summed E-state index contributed by atoms with van der Waals surface area (Å²) in [7, 11) is 1.81. The summed E-state index contributed by atoms with van der Waals surface area (Å²) in [5, 5.41) is 0.623. The molecule has 22 heavy (non-hydrogen) atoms. The highest BCUT2D eigenvalue weighted by Crippen LogP contribution is 2.31. The van der Waals surface area contributed by atoms with Crippen molar-refractivity contribution in [1.29, 1.82) is 0 Å². The maximum atomic E-state index is 12.2. The maximum absolute atomic E-state index is 12.2. The van der Waals surface area contributed by atoms with Crippen LogP contribution in [0.3, 0.4) is 0 Å². The van der Waals surface area contributed by atoms with Crippen LogP contribution in [0.15, 0.2) is 33.7 Å². The number of hydrogen-bond acceptors (Lipinski definition) is 2. The van der Waals surface area contributed by atoms with Gasteiger partial charge in [0.2, 0.25) is 0 Å². The van der Waals surface area contributed by atoms with Crippen molar-refractivity contribution in [3.8, 4) is 5.75 Å². The predicted molar refractivity (Wildman–Crippen MR) is 96.9 cm³/mol. The zero-order chi connectivity index (χ0) is 16.1. The van der Waals surface area contributed by atoms with Crippen LogP contribution in [0.1, 0.15) is 25.7 Å². The second-order valence-corrected chi connectivity index (χ2v) is 8.67. The Kier molecular flexibility index (Phi) is 6.78. The van der Waals surface area contributed by atoms with Crippen LogP contribution in [0.2, 0.25) is 5.02 Å². The molecular formula is C16H18Br2ClNO2. The van der Waals surface area contributed by atoms with Gasteiger partial charge in [-0.05, 0) is 87.7 Å². The zero-order valence-corrected chi connectivity index (χ0v) is 16.2. The Balaban J connectivity index is 1.86. The van der Waals surface area contributed by atoms with Gasteiger partial charge in [0.05, 0.1) is 3.39 Å². The molecule has 0 aliphatic heterocycles. The third-order valence-electron chi connectivity index (χ3n) is 3.96. The number of nitrogens with zero attached hydrogens (tertiary/aromatic N) is 1. The van der Waals surface area contributed by atoms with Crippen LogP contribution in [0, 0.1) is 5.92 Å². The number of amides is 1. The Labute approximate surface area is 152 Å². The van der Waals surface area contributed by atoms with E-state index in [1.165, 1.54) is 0 Å². The fraction of sp³-hybridized carbons (Fsp3) is 0.438. The number of allylic oxidation sites excluding steroid dienone is 1. The van der Waals surface area contributed by atoms with Gasteiger partial charge in [-0.1, -0.05) is 17.7 Å². The number of benzene rings is 1. The van der Waals surface area contributed by atoms with Gasteiger partial charge < -0.3 is 9.64 Å². The predicted octanol–water partition coefficient (Wildman–Crippen LogP) is 5.96. The third kappa shape index (κ3) is 5.28. The molecule has 1 aromatic carbocycles. The molecule has 1 aliphatic carbocycles. The summed E-state index contributed by atoms with van der Waals surface area (Å²) in [5.74, 6) is 1.08. The number of carbonyl (C=O) groups excluding carboxylic acids is 1. The molecule has 0 bridgehead atoms. The lowest BCUT2D eigenvalue weighted by Crippen LogP contribution is -2.40. The first-order chi connectivity index (χ1) is 10.5. The summed E-state index contributed by atoms with van der Waals surface area (Å²) in [6.07, 6.45) is 5.99. The van der Waals surface area contributed by atoms with E-state index < -0.39 is 0 Å². The second kappa shape index (κ2) is 8.37. The van der Waals surface area contributed by atoms with Crippen molar-refractivity contribution in [2.24, 2.45) is 5.92 Å². The lowest BCUT2D eigenvalue weighted by atomic mass is 9.86. The van der Waals surface area contributed by atoms with Crippen LogP contribution in [0.4, 0.5) is 4.79 Å². The summed E-state index contributed by atoms with van der Waals surface area (Å²) in [6.45, 7) is 0. The van der Waals surface area contributed by atoms with Crippen LogP contribution in [0.25, 0.3) is 0 Å². The summed E-state index contributed by atoms with van der Waals surface area (Å²) < 4.78 is 6.38. The molecule has 1 saturated carbocycles. The van der Waals surface area contributed by atoms with Gasteiger partial charge in [0.25, 0.3) is 0 Å². The number of carbonyl (C=O) groups is 1. The molecule has 0 N–H and O–H groups in total. The van der Waals surface area contributed by atoms with Crippen molar-refractivity contribution < 1.29 is 9.53 Å². The van der Waals surface area contributed by atoms with E-state index >= 15 is 0 Å². The average molecular weight is 452 g/mol. The normalized spacial score (nSPS) is 21.1. The Hall–Kier alpha value is -0.520. The van der Waals surface area contributed by atoms with Crippen molar-refractivity contribution in [3.63, 3.8) is 0 Å². The van der Waals surface area contributed by atoms with Crippen molar-refractivity contribution in [3.05, 3.63) is 38.8 Å². The molecule has 0 spiro atoms. The molecular weight excluding hydrogens is 433 g/mol. The number of rotatable bonds is 3. The van der Waals surface area contributed by atoms with E-state index in [1.54, 1.807) is 36.2 Å². The van der Waals surface area contributed by atoms with Gasteiger partial charge in [0, 0.05) is 18.1 Å². The molecule has 3 nitrogen and oxygen atoms in total. The second-order valence-electron chi connectivity index (χ2n) is 5.46. The van der Waals surface area contributed by atoms with Gasteiger partial charge >= 0.3 is 6.09 Å². The number of hydrogen-bond donors (Lipinski definition) is 0. The Morgan fingerprint density at radius 3 is 2.36 bits per heavy atom. The smallest absolute Gasteiger partial charge is 0.410 e. The van der Waals surface area contributed by atoms with E-state index in [-0.39, 0.29) is 12.1 Å². The van der Waals surface area contributed by atoms with E-state index in [1.807, 2.05) is 0 Å². The molecule has 0 unspecified atom stereocenters. The minimum atomic E-state index is -0.317. The monoisotopic (exact) mass is 449 g/mol. The summed E-state index contributed by atoms with van der Waals surface area (Å²) >= 11 is 12.6. The molecule has 0 atom stereocenters. The van der Waals surface area contributed by atoms with Gasteiger partial charge in [0.15, 0.2) is 0 Å². The van der Waals surface area contributed by atoms with Crippen LogP contribution < -0.4 is 4.74 Å². The van der Waals surface area contributed by atoms with Crippen LogP contribution in [0.5, 0.6) is 5.75 Å². The zero-order valence-electron chi connectivity index (χ0n) is 12.3. The van der Waals surface area contributed by atoms with E-state index in [0.29, 0.717) is 16.7 Å². The topological polar surface area (TPSA) is 29.5 Å². The van der Waals surface area contributed by atoms with Crippen LogP contribution in [-0.2, 0) is 0 Å². The van der Waals surface area contributed by atoms with Crippen LogP contribution >= 0.6 is 43.5 Å². The summed E-state index contributed by atoms with van der Waals surface area (Å²) in [4.78, 5) is 13.9. The number of ether oxygens (including phenoxy) is 1. The maximum Gasteiger partial charge on any atom is 0.415 e. The highest BCUT2D eigenvalue weighted by molar-refractivity contribution is 9.28. The highest BCUT2D eigenvalue weighted by atomic mass is 79.9. The van der Waals surface area contributed by atoms with E-state index in [4.69, 9.17) is 16.3 Å². The molecule has 120 valence electrons. The van der Waals surface area contributed by atoms with E-state index in [0.717, 1.165) is 29.1 Å². The molecule has 6 heteroatoms. The number of halogens is 3. The fourth-order valence-electron chi connectivity index (χ4n) is 2.66. The van der Waals surface area contributed by atoms with Gasteiger partial charge in [-0.3, -0.25) is 0 Å². The Morgan fingerprint density at radius 1 is 1.23 bits per heavy atom. The average Bonchev–Trinajstić information content (AvgIpc) is 2.49. The molecule has 0 heterocycles. The van der Waals surface area contributed by atoms with Gasteiger partial charge in [-0.2, -0.15) is 0 Å². The van der Waals surface area contributed by atoms with Crippen molar-refractivity contribution in [1.82, 2.24) is 4.90 Å². The van der Waals surface area contributed by atoms with Crippen molar-refractivity contribution >= 4 is 49.6 Å². The molecule has 1 amide bonds. The molecule has 0 saturated heterocycles. The van der Waals surface area contributed by atoms with E-state index in [2.05, 4.69) is 37.9 Å². The Morgan fingerprint density at radius 2 is 1.82 bits per heavy atom. The minimum absolute atomic E-state index is 0.235. The lowest BCUT2D eigenvalue weighted by molar-refractivity contribution is 0.128. The van der Waals surface area contributed by atoms with Gasteiger partial charge in [-0.15, -0.1) is 0 Å². The first-order valence-electron chi connectivity index (χ1n) is 7.18. The molecule has 2 rings (SSSR count). The first kappa shape index (κ1) is 17.8. The fourth-order valence-corrected chi connectivity index (χ4v) is 3.53. The molecule has 0 aromatic heterocycles. The quantitative estimate of drug-likeness (QED) is 0.567. The third-order valence-corrected chi connectivity index (χ3v) is 4.74. The largest absolute Gasteiger partial charge is 0.415 e. The summed E-state index contributed by atoms with van der Waals surface area (Å²) in [5.41, 5.74) is 0. The van der Waals surface area contributed by atoms with Gasteiger partial charge in [-0.25, -0.2) is 4.79 Å². The summed E-state index contributed by atoms with van der Waals surface area (Å²) in [6, 6.07) is 7.05. The molecule has 1 aromatic rings. The molecule has 0 radical (unpaired) electrons. The first-order valence-corrected chi connectivity index (χ1v) is 9.15. The van der Waals surface area contributed by atoms with Gasteiger partial charge in [0.1, 0.15) is 5.75 Å². The van der Waals surface area contributed by atoms with Crippen molar-refractivity contribution in [2.75, 3.05) is 7.05 Å². The highest BCUT2D eigenvalue weighted by Gasteiger charge is 2.26. The minimum Gasteiger partial charge on any atom is -0.410 e. The Bertz CT molecular complexity index is 536. The lowest BCUT2D eigenvalue weighted by Gasteiger charge is -2.33. The van der Waals surface area contributed by atoms with Crippen molar-refractivity contribution in [2.45, 2.75) is 31.7 Å².